The summed E-state index contributed by atoms with van der Waals surface area (Å²) in [5.74, 6) is -3.83. The monoisotopic (exact) mass is 448 g/mol. The van der Waals surface area contributed by atoms with Crippen molar-refractivity contribution in [2.45, 2.75) is 76.9 Å². The lowest BCUT2D eigenvalue weighted by molar-refractivity contribution is -0.131. The quantitative estimate of drug-likeness (QED) is 0.714. The highest BCUT2D eigenvalue weighted by atomic mass is 19.1. The zero-order valence-electron chi connectivity index (χ0n) is 19.2. The number of nitrogens with zero attached hydrogens (tertiary/aromatic N) is 1. The minimum Gasteiger partial charge on any atom is -0.478 e. The normalized spacial score (nSPS) is 26.7. The number of benzene rings is 1. The Morgan fingerprint density at radius 1 is 1.19 bits per heavy atom. The molecule has 0 spiro atoms. The molecule has 3 N–H and O–H groups in total. The molecule has 3 rings (SSSR count). The van der Waals surface area contributed by atoms with Crippen LogP contribution in [-0.4, -0.2) is 45.7 Å². The largest absolute Gasteiger partial charge is 0.478 e. The van der Waals surface area contributed by atoms with Crippen LogP contribution in [0.4, 0.5) is 9.18 Å². The van der Waals surface area contributed by atoms with Crippen LogP contribution in [0.5, 0.6) is 0 Å². The molecule has 2 amide bonds. The van der Waals surface area contributed by atoms with Crippen LogP contribution in [-0.2, 0) is 9.53 Å². The van der Waals surface area contributed by atoms with E-state index >= 15 is 4.39 Å². The first-order valence-corrected chi connectivity index (χ1v) is 11.2. The molecule has 0 radical (unpaired) electrons. The van der Waals surface area contributed by atoms with Gasteiger partial charge in [-0.05, 0) is 45.7 Å². The summed E-state index contributed by atoms with van der Waals surface area (Å²) < 4.78 is 20.7. The SMILES string of the molecule is CC(C)(C)OC(=O)N1CC(c2c(F)cccc2C(=O)O)[C@H](C2CCCCC2)[C@@]1(C)C(N)=O. The number of rotatable bonds is 4. The Kier molecular flexibility index (Phi) is 6.54. The van der Waals surface area contributed by atoms with E-state index in [1.807, 2.05) is 0 Å². The number of carbonyl (C=O) groups excluding carboxylic acids is 2. The van der Waals surface area contributed by atoms with Crippen molar-refractivity contribution in [2.24, 2.45) is 17.6 Å². The minimum absolute atomic E-state index is 0.0000576. The lowest BCUT2D eigenvalue weighted by Gasteiger charge is -2.42. The molecule has 1 saturated heterocycles. The van der Waals surface area contributed by atoms with E-state index in [4.69, 9.17) is 10.5 Å². The molecule has 0 aromatic heterocycles. The van der Waals surface area contributed by atoms with E-state index in [0.717, 1.165) is 32.1 Å². The third kappa shape index (κ3) is 4.32. The van der Waals surface area contributed by atoms with Crippen molar-refractivity contribution < 1.29 is 28.6 Å². The molecule has 1 aromatic rings. The van der Waals surface area contributed by atoms with Gasteiger partial charge in [0.25, 0.3) is 0 Å². The van der Waals surface area contributed by atoms with Gasteiger partial charge in [0.05, 0.1) is 5.56 Å². The Balaban J connectivity index is 2.18. The van der Waals surface area contributed by atoms with E-state index in [2.05, 4.69) is 0 Å². The molecule has 2 aliphatic rings. The van der Waals surface area contributed by atoms with Gasteiger partial charge in [0.2, 0.25) is 5.91 Å². The number of hydrogen-bond acceptors (Lipinski definition) is 4. The molecule has 3 atom stereocenters. The Hall–Kier alpha value is -2.64. The highest BCUT2D eigenvalue weighted by Gasteiger charge is 2.60. The first kappa shape index (κ1) is 24.0. The number of halogens is 1. The van der Waals surface area contributed by atoms with Crippen LogP contribution < -0.4 is 5.73 Å². The van der Waals surface area contributed by atoms with Crippen molar-refractivity contribution in [3.63, 3.8) is 0 Å². The van der Waals surface area contributed by atoms with Crippen molar-refractivity contribution in [2.75, 3.05) is 6.54 Å². The van der Waals surface area contributed by atoms with Gasteiger partial charge in [-0.15, -0.1) is 0 Å². The number of nitrogens with two attached hydrogens (primary N) is 1. The van der Waals surface area contributed by atoms with E-state index < -0.39 is 46.8 Å². The first-order valence-electron chi connectivity index (χ1n) is 11.2. The number of carboxylic acid groups (broad SMARTS) is 1. The van der Waals surface area contributed by atoms with Crippen LogP contribution in [0.3, 0.4) is 0 Å². The zero-order valence-corrected chi connectivity index (χ0v) is 19.2. The Labute approximate surface area is 188 Å². The van der Waals surface area contributed by atoms with E-state index in [9.17, 15) is 19.5 Å². The summed E-state index contributed by atoms with van der Waals surface area (Å²) in [5.41, 5.74) is 3.52. The number of likely N-dealkylation sites (tertiary alicyclic amines) is 1. The number of amides is 2. The van der Waals surface area contributed by atoms with Gasteiger partial charge in [0.15, 0.2) is 0 Å². The van der Waals surface area contributed by atoms with Gasteiger partial charge in [-0.2, -0.15) is 0 Å². The molecule has 7 nitrogen and oxygen atoms in total. The second kappa shape index (κ2) is 8.71. The average molecular weight is 449 g/mol. The summed E-state index contributed by atoms with van der Waals surface area (Å²) in [7, 11) is 0. The highest BCUT2D eigenvalue weighted by molar-refractivity contribution is 5.92. The van der Waals surface area contributed by atoms with Crippen molar-refractivity contribution in [3.05, 3.63) is 35.1 Å². The van der Waals surface area contributed by atoms with Crippen LogP contribution in [0.2, 0.25) is 0 Å². The number of hydrogen-bond donors (Lipinski definition) is 2. The Morgan fingerprint density at radius 2 is 1.81 bits per heavy atom. The molecule has 176 valence electrons. The molecule has 1 aliphatic carbocycles. The van der Waals surface area contributed by atoms with Gasteiger partial charge < -0.3 is 15.6 Å². The lowest BCUT2D eigenvalue weighted by atomic mass is 9.65. The van der Waals surface area contributed by atoms with Crippen molar-refractivity contribution in [1.29, 1.82) is 0 Å². The Morgan fingerprint density at radius 3 is 2.34 bits per heavy atom. The Bertz CT molecular complexity index is 906. The van der Waals surface area contributed by atoms with Gasteiger partial charge in [0.1, 0.15) is 17.0 Å². The second-order valence-corrected chi connectivity index (χ2v) is 10.1. The summed E-state index contributed by atoms with van der Waals surface area (Å²) in [4.78, 5) is 39.3. The summed E-state index contributed by atoms with van der Waals surface area (Å²) in [6, 6.07) is 3.93. The molecule has 8 heteroatoms. The predicted molar refractivity (Wildman–Crippen MR) is 117 cm³/mol. The molecule has 1 unspecified atom stereocenters. The predicted octanol–water partition coefficient (Wildman–Crippen LogP) is 4.30. The fraction of sp³-hybridized carbons (Fsp3) is 0.625. The van der Waals surface area contributed by atoms with Gasteiger partial charge in [0, 0.05) is 23.9 Å². The van der Waals surface area contributed by atoms with Crippen LogP contribution in [0, 0.1) is 17.7 Å². The van der Waals surface area contributed by atoms with Crippen LogP contribution in [0.25, 0.3) is 0 Å². The van der Waals surface area contributed by atoms with E-state index in [1.54, 1.807) is 27.7 Å². The maximum atomic E-state index is 15.1. The van der Waals surface area contributed by atoms with Crippen LogP contribution in [0.15, 0.2) is 18.2 Å². The first-order chi connectivity index (χ1) is 14.9. The summed E-state index contributed by atoms with van der Waals surface area (Å²) in [6.45, 7) is 6.73. The van der Waals surface area contributed by atoms with Crippen molar-refractivity contribution in [3.8, 4) is 0 Å². The molecule has 1 heterocycles. The van der Waals surface area contributed by atoms with Crippen LogP contribution in [0.1, 0.15) is 81.6 Å². The maximum absolute atomic E-state index is 15.1. The smallest absolute Gasteiger partial charge is 0.411 e. The van der Waals surface area contributed by atoms with Crippen molar-refractivity contribution >= 4 is 18.0 Å². The maximum Gasteiger partial charge on any atom is 0.411 e. The molecular weight excluding hydrogens is 415 g/mol. The lowest BCUT2D eigenvalue weighted by Crippen LogP contribution is -2.59. The zero-order chi connectivity index (χ0) is 23.8. The minimum atomic E-state index is -1.44. The number of carbonyl (C=O) groups is 3. The molecule has 1 aromatic carbocycles. The molecule has 0 bridgehead atoms. The summed E-state index contributed by atoms with van der Waals surface area (Å²) >= 11 is 0. The number of carboxylic acids is 1. The number of ether oxygens (including phenoxy) is 1. The average Bonchev–Trinajstić information content (AvgIpc) is 3.01. The standard InChI is InChI=1S/C24H33FN2O5/c1-23(2,3)32-22(31)27-13-16(18-15(20(28)29)11-8-12-17(18)25)19(24(27,4)21(26)30)14-9-6-5-7-10-14/h8,11-12,14,16,19H,5-7,9-10,13H2,1-4H3,(H2,26,30)(H,28,29)/t16?,19-,24-/m0/s1. The number of aromatic carboxylic acids is 1. The summed E-state index contributed by atoms with van der Waals surface area (Å²) in [6.07, 6.45) is 3.88. The molecule has 1 aliphatic heterocycles. The topological polar surface area (TPSA) is 110 Å². The van der Waals surface area contributed by atoms with Crippen LogP contribution >= 0.6 is 0 Å². The third-order valence-corrected chi connectivity index (χ3v) is 6.95. The molecule has 32 heavy (non-hydrogen) atoms. The highest BCUT2D eigenvalue weighted by Crippen LogP contribution is 2.52. The molecule has 1 saturated carbocycles. The van der Waals surface area contributed by atoms with Gasteiger partial charge >= 0.3 is 12.1 Å². The summed E-state index contributed by atoms with van der Waals surface area (Å²) in [5, 5.41) is 9.75. The fourth-order valence-corrected chi connectivity index (χ4v) is 5.60. The molecule has 2 fully saturated rings. The third-order valence-electron chi connectivity index (χ3n) is 6.95. The van der Waals surface area contributed by atoms with Crippen molar-refractivity contribution in [1.82, 2.24) is 4.90 Å². The van der Waals surface area contributed by atoms with E-state index in [1.165, 1.54) is 23.1 Å². The fourth-order valence-electron chi connectivity index (χ4n) is 5.60. The van der Waals surface area contributed by atoms with Gasteiger partial charge in [-0.1, -0.05) is 38.2 Å². The molecular formula is C24H33FN2O5. The van der Waals surface area contributed by atoms with Gasteiger partial charge in [-0.25, -0.2) is 14.0 Å². The van der Waals surface area contributed by atoms with E-state index in [0.29, 0.717) is 0 Å². The van der Waals surface area contributed by atoms with E-state index in [-0.39, 0.29) is 23.6 Å². The van der Waals surface area contributed by atoms with Gasteiger partial charge in [-0.3, -0.25) is 9.69 Å². The second-order valence-electron chi connectivity index (χ2n) is 10.1. The number of primary amides is 1.